The van der Waals surface area contributed by atoms with Crippen molar-refractivity contribution in [3.63, 3.8) is 0 Å². The highest BCUT2D eigenvalue weighted by molar-refractivity contribution is 7.98. The van der Waals surface area contributed by atoms with Crippen LogP contribution in [0.4, 0.5) is 0 Å². The fourth-order valence-corrected chi connectivity index (χ4v) is 3.29. The minimum Gasteiger partial charge on any atom is -0.306 e. The zero-order chi connectivity index (χ0) is 13.1. The molecule has 0 unspecified atom stereocenters. The number of aromatic nitrogens is 3. The molecule has 0 bridgehead atoms. The Morgan fingerprint density at radius 1 is 1.28 bits per heavy atom. The van der Waals surface area contributed by atoms with Crippen LogP contribution in [0.1, 0.15) is 45.4 Å². The van der Waals surface area contributed by atoms with Crippen LogP contribution < -0.4 is 0 Å². The lowest BCUT2D eigenvalue weighted by atomic mass is 9.95. The van der Waals surface area contributed by atoms with Crippen LogP contribution in [0.25, 0.3) is 0 Å². The normalized spacial score (nSPS) is 18.7. The van der Waals surface area contributed by atoms with Crippen molar-refractivity contribution >= 4 is 11.8 Å². The first kappa shape index (κ1) is 13.9. The number of thioether (sulfide) groups is 1. The monoisotopic (exact) mass is 268 g/mol. The Morgan fingerprint density at radius 2 is 1.94 bits per heavy atom. The van der Waals surface area contributed by atoms with E-state index in [9.17, 15) is 0 Å². The first-order chi connectivity index (χ1) is 8.67. The van der Waals surface area contributed by atoms with E-state index in [4.69, 9.17) is 0 Å². The second kappa shape index (κ2) is 6.06. The van der Waals surface area contributed by atoms with Gasteiger partial charge in [-0.05, 0) is 53.0 Å². The van der Waals surface area contributed by atoms with Crippen molar-refractivity contribution in [3.05, 3.63) is 5.82 Å². The van der Waals surface area contributed by atoms with Gasteiger partial charge in [0.25, 0.3) is 0 Å². The highest BCUT2D eigenvalue weighted by Gasteiger charge is 2.26. The van der Waals surface area contributed by atoms with Crippen LogP contribution in [0.2, 0.25) is 0 Å². The summed E-state index contributed by atoms with van der Waals surface area (Å²) in [6, 6.07) is 0.664. The third-order valence-corrected chi connectivity index (χ3v) is 4.54. The minimum absolute atomic E-state index is 0.591. The maximum atomic E-state index is 4.42. The van der Waals surface area contributed by atoms with Gasteiger partial charge in [0, 0.05) is 18.5 Å². The van der Waals surface area contributed by atoms with Gasteiger partial charge in [-0.15, -0.1) is 10.2 Å². The average Bonchev–Trinajstić information content (AvgIpc) is 2.81. The Morgan fingerprint density at radius 3 is 2.44 bits per heavy atom. The Hall–Kier alpha value is -0.550. The van der Waals surface area contributed by atoms with Gasteiger partial charge >= 0.3 is 0 Å². The third-order valence-electron chi connectivity index (χ3n) is 3.87. The molecule has 2 heterocycles. The largest absolute Gasteiger partial charge is 0.306 e. The van der Waals surface area contributed by atoms with Gasteiger partial charge in [-0.3, -0.25) is 0 Å². The summed E-state index contributed by atoms with van der Waals surface area (Å²) in [5.74, 6) is 1.79. The average molecular weight is 268 g/mol. The van der Waals surface area contributed by atoms with Crippen molar-refractivity contribution < 1.29 is 0 Å². The van der Waals surface area contributed by atoms with E-state index in [0.29, 0.717) is 12.0 Å². The topological polar surface area (TPSA) is 34.0 Å². The maximum Gasteiger partial charge on any atom is 0.190 e. The molecule has 1 fully saturated rings. The van der Waals surface area contributed by atoms with Gasteiger partial charge in [0.05, 0.1) is 0 Å². The van der Waals surface area contributed by atoms with Crippen LogP contribution in [-0.2, 0) is 6.54 Å². The summed E-state index contributed by atoms with van der Waals surface area (Å²) >= 11 is 1.69. The molecule has 1 aromatic rings. The molecular weight excluding hydrogens is 244 g/mol. The van der Waals surface area contributed by atoms with Gasteiger partial charge in [-0.2, -0.15) is 0 Å². The first-order valence-corrected chi connectivity index (χ1v) is 8.11. The van der Waals surface area contributed by atoms with Gasteiger partial charge in [-0.1, -0.05) is 11.8 Å². The van der Waals surface area contributed by atoms with Crippen LogP contribution in [0.3, 0.4) is 0 Å². The summed E-state index contributed by atoms with van der Waals surface area (Å²) in [6.45, 7) is 10.1. The van der Waals surface area contributed by atoms with E-state index in [1.807, 2.05) is 0 Å². The summed E-state index contributed by atoms with van der Waals surface area (Å²) in [5.41, 5.74) is 0. The van der Waals surface area contributed by atoms with E-state index in [1.165, 1.54) is 31.8 Å². The van der Waals surface area contributed by atoms with E-state index in [1.54, 1.807) is 11.8 Å². The van der Waals surface area contributed by atoms with Crippen LogP contribution in [0, 0.1) is 0 Å². The van der Waals surface area contributed by atoms with E-state index >= 15 is 0 Å². The molecule has 0 atom stereocenters. The van der Waals surface area contributed by atoms with Gasteiger partial charge in [0.2, 0.25) is 0 Å². The molecular formula is C13H24N4S. The second-order valence-electron chi connectivity index (χ2n) is 5.19. The van der Waals surface area contributed by atoms with Gasteiger partial charge in [-0.25, -0.2) is 0 Å². The van der Waals surface area contributed by atoms with Crippen molar-refractivity contribution in [2.75, 3.05) is 19.3 Å². The molecule has 0 aromatic carbocycles. The van der Waals surface area contributed by atoms with E-state index < -0.39 is 0 Å². The van der Waals surface area contributed by atoms with Crippen LogP contribution in [-0.4, -0.2) is 45.1 Å². The lowest BCUT2D eigenvalue weighted by Gasteiger charge is -2.34. The fourth-order valence-electron chi connectivity index (χ4n) is 2.72. The summed E-state index contributed by atoms with van der Waals surface area (Å²) < 4.78 is 2.28. The lowest BCUT2D eigenvalue weighted by Crippen LogP contribution is -2.38. The molecule has 0 radical (unpaired) electrons. The number of hydrogen-bond donors (Lipinski definition) is 0. The lowest BCUT2D eigenvalue weighted by molar-refractivity contribution is 0.168. The molecule has 1 saturated heterocycles. The number of rotatable bonds is 4. The summed E-state index contributed by atoms with van der Waals surface area (Å²) in [7, 11) is 0. The Kier molecular flexibility index (Phi) is 4.67. The molecule has 18 heavy (non-hydrogen) atoms. The standard InChI is InChI=1S/C13H24N4S/c1-5-17-12(14-15-13(17)18-4)11-6-8-16(9-7-11)10(2)3/h10-11H,5-9H2,1-4H3. The number of likely N-dealkylation sites (tertiary alicyclic amines) is 1. The predicted molar refractivity (Wildman–Crippen MR) is 76.2 cm³/mol. The molecule has 1 aliphatic heterocycles. The number of piperidine rings is 1. The summed E-state index contributed by atoms with van der Waals surface area (Å²) in [6.07, 6.45) is 4.50. The molecule has 4 nitrogen and oxygen atoms in total. The van der Waals surface area contributed by atoms with Crippen LogP contribution >= 0.6 is 11.8 Å². The minimum atomic E-state index is 0.591. The van der Waals surface area contributed by atoms with Gasteiger partial charge in [0.1, 0.15) is 5.82 Å². The molecule has 0 amide bonds. The van der Waals surface area contributed by atoms with Crippen molar-refractivity contribution in [2.24, 2.45) is 0 Å². The highest BCUT2D eigenvalue weighted by atomic mass is 32.2. The van der Waals surface area contributed by atoms with Crippen molar-refractivity contribution in [1.29, 1.82) is 0 Å². The Labute approximate surface area is 114 Å². The van der Waals surface area contributed by atoms with E-state index in [2.05, 4.69) is 46.7 Å². The third kappa shape index (κ3) is 2.72. The van der Waals surface area contributed by atoms with Gasteiger partial charge in [0.15, 0.2) is 5.16 Å². The molecule has 0 aliphatic carbocycles. The van der Waals surface area contributed by atoms with Crippen LogP contribution in [0.5, 0.6) is 0 Å². The van der Waals surface area contributed by atoms with E-state index in [-0.39, 0.29) is 0 Å². The second-order valence-corrected chi connectivity index (χ2v) is 5.97. The van der Waals surface area contributed by atoms with Crippen LogP contribution in [0.15, 0.2) is 5.16 Å². The molecule has 0 saturated carbocycles. The molecule has 102 valence electrons. The molecule has 0 spiro atoms. The molecule has 5 heteroatoms. The number of hydrogen-bond acceptors (Lipinski definition) is 4. The first-order valence-electron chi connectivity index (χ1n) is 6.88. The summed E-state index contributed by atoms with van der Waals surface area (Å²) in [4.78, 5) is 2.55. The maximum absolute atomic E-state index is 4.42. The SMILES string of the molecule is CCn1c(SC)nnc1C1CCN(C(C)C)CC1. The highest BCUT2D eigenvalue weighted by Crippen LogP contribution is 2.29. The quantitative estimate of drug-likeness (QED) is 0.786. The predicted octanol–water partition coefficient (Wildman–Crippen LogP) is 2.61. The molecule has 1 aliphatic rings. The number of nitrogens with zero attached hydrogens (tertiary/aromatic N) is 4. The van der Waals surface area contributed by atoms with Gasteiger partial charge < -0.3 is 9.47 Å². The Balaban J connectivity index is 2.07. The zero-order valence-corrected chi connectivity index (χ0v) is 12.7. The molecule has 0 N–H and O–H groups in total. The molecule has 2 rings (SSSR count). The van der Waals surface area contributed by atoms with Crippen molar-refractivity contribution in [1.82, 2.24) is 19.7 Å². The van der Waals surface area contributed by atoms with E-state index in [0.717, 1.165) is 11.7 Å². The van der Waals surface area contributed by atoms with Crippen molar-refractivity contribution in [3.8, 4) is 0 Å². The smallest absolute Gasteiger partial charge is 0.190 e. The van der Waals surface area contributed by atoms with Crippen molar-refractivity contribution in [2.45, 2.75) is 57.3 Å². The zero-order valence-electron chi connectivity index (χ0n) is 11.9. The summed E-state index contributed by atoms with van der Waals surface area (Å²) in [5, 5.41) is 9.78. The molecule has 1 aromatic heterocycles. The fraction of sp³-hybridized carbons (Fsp3) is 0.846. The Bertz CT molecular complexity index is 380.